The second kappa shape index (κ2) is 18.4. The summed E-state index contributed by atoms with van der Waals surface area (Å²) >= 11 is 0. The van der Waals surface area contributed by atoms with Gasteiger partial charge in [-0.2, -0.15) is 0 Å². The van der Waals surface area contributed by atoms with E-state index in [0.717, 1.165) is 42.6 Å². The van der Waals surface area contributed by atoms with Gasteiger partial charge >= 0.3 is 0 Å². The van der Waals surface area contributed by atoms with Crippen LogP contribution in [0.4, 0.5) is 0 Å². The lowest BCUT2D eigenvalue weighted by Gasteiger charge is -2.44. The zero-order valence-corrected chi connectivity index (χ0v) is 30.0. The van der Waals surface area contributed by atoms with E-state index in [4.69, 9.17) is 18.6 Å². The highest BCUT2D eigenvalue weighted by atomic mass is 28.4. The first-order valence-electron chi connectivity index (χ1n) is 16.0. The molecule has 7 atom stereocenters. The molecule has 0 fully saturated rings. The van der Waals surface area contributed by atoms with Crippen molar-refractivity contribution in [2.75, 3.05) is 20.8 Å². The van der Waals surface area contributed by atoms with E-state index in [0.29, 0.717) is 19.1 Å². The molecule has 6 heteroatoms. The Morgan fingerprint density at radius 3 is 2.14 bits per heavy atom. The highest BCUT2D eigenvalue weighted by Gasteiger charge is 2.42. The Hall–Kier alpha value is -1.44. The van der Waals surface area contributed by atoms with Crippen LogP contribution in [-0.4, -0.2) is 52.6 Å². The molecule has 0 amide bonds. The lowest BCUT2D eigenvalue weighted by molar-refractivity contribution is -0.0316. The number of allylic oxidation sites excluding steroid dienone is 1. The number of aliphatic hydroxyl groups is 1. The molecule has 0 radical (unpaired) electrons. The molecule has 1 N–H and O–H groups in total. The Kier molecular flexibility index (Phi) is 16.9. The molecule has 5 nitrogen and oxygen atoms in total. The number of aliphatic hydroxyl groups excluding tert-OH is 1. The Bertz CT molecular complexity index is 920. The minimum absolute atomic E-state index is 0.0116. The first-order valence-corrected chi connectivity index (χ1v) is 18.9. The number of hydrogen-bond acceptors (Lipinski definition) is 5. The zero-order chi connectivity index (χ0) is 32.1. The van der Waals surface area contributed by atoms with E-state index in [-0.39, 0.29) is 35.0 Å². The monoisotopic (exact) mass is 604 g/mol. The maximum Gasteiger partial charge on any atom is 0.192 e. The van der Waals surface area contributed by atoms with Crippen molar-refractivity contribution in [3.05, 3.63) is 54.1 Å². The molecular weight excluding hydrogens is 540 g/mol. The fraction of sp³-hybridized carbons (Fsp3) is 0.722. The maximum atomic E-state index is 11.2. The summed E-state index contributed by atoms with van der Waals surface area (Å²) in [6.07, 6.45) is 7.74. The first kappa shape index (κ1) is 38.6. The van der Waals surface area contributed by atoms with Gasteiger partial charge < -0.3 is 23.7 Å². The summed E-state index contributed by atoms with van der Waals surface area (Å²) in [5.74, 6) is 1.83. The van der Waals surface area contributed by atoms with E-state index in [9.17, 15) is 5.11 Å². The summed E-state index contributed by atoms with van der Waals surface area (Å²) in [5.41, 5.74) is 2.15. The van der Waals surface area contributed by atoms with Crippen molar-refractivity contribution in [1.82, 2.24) is 0 Å². The summed E-state index contributed by atoms with van der Waals surface area (Å²) in [5, 5.41) is 11.3. The Morgan fingerprint density at radius 1 is 1.00 bits per heavy atom. The second-order valence-corrected chi connectivity index (χ2v) is 18.8. The first-order chi connectivity index (χ1) is 19.6. The van der Waals surface area contributed by atoms with Crippen LogP contribution in [0.3, 0.4) is 0 Å². The molecule has 0 aliphatic carbocycles. The van der Waals surface area contributed by atoms with Crippen LogP contribution < -0.4 is 4.74 Å². The lowest BCUT2D eigenvalue weighted by atomic mass is 9.85. The van der Waals surface area contributed by atoms with Gasteiger partial charge in [0.1, 0.15) is 5.75 Å². The van der Waals surface area contributed by atoms with Crippen molar-refractivity contribution in [2.24, 2.45) is 23.7 Å². The zero-order valence-electron chi connectivity index (χ0n) is 29.0. The third-order valence-corrected chi connectivity index (χ3v) is 13.9. The summed E-state index contributed by atoms with van der Waals surface area (Å²) in [6.45, 7) is 27.4. The smallest absolute Gasteiger partial charge is 0.192 e. The molecule has 1 rings (SSSR count). The Labute approximate surface area is 260 Å². The van der Waals surface area contributed by atoms with Crippen LogP contribution in [-0.2, 0) is 20.5 Å². The SMILES string of the molecule is C=C[C@H](C)CCC[C@H](C)[C@H](O)/C(C)=C/[C@@H](C)[C@@H](O[Si](C)(C)C(C)(C)C)[C@H](C)[C@@H](CCOCc1ccc(OC)cc1)OC. The van der Waals surface area contributed by atoms with Gasteiger partial charge in [0.25, 0.3) is 0 Å². The molecule has 1 aromatic carbocycles. The van der Waals surface area contributed by atoms with Crippen LogP contribution in [0.1, 0.15) is 86.6 Å². The molecule has 42 heavy (non-hydrogen) atoms. The van der Waals surface area contributed by atoms with Crippen LogP contribution >= 0.6 is 0 Å². The van der Waals surface area contributed by atoms with Crippen molar-refractivity contribution < 1.29 is 23.7 Å². The molecule has 0 heterocycles. The van der Waals surface area contributed by atoms with Gasteiger partial charge in [0.2, 0.25) is 0 Å². The summed E-state index contributed by atoms with van der Waals surface area (Å²) in [4.78, 5) is 0. The van der Waals surface area contributed by atoms with E-state index in [2.05, 4.69) is 81.1 Å². The average molecular weight is 605 g/mol. The van der Waals surface area contributed by atoms with Gasteiger partial charge in [0.05, 0.1) is 32.0 Å². The summed E-state index contributed by atoms with van der Waals surface area (Å²) < 4.78 is 24.5. The van der Waals surface area contributed by atoms with Crippen LogP contribution in [0.25, 0.3) is 0 Å². The topological polar surface area (TPSA) is 57.2 Å². The molecule has 0 saturated heterocycles. The molecule has 1 aromatic rings. The Morgan fingerprint density at radius 2 is 1.62 bits per heavy atom. The van der Waals surface area contributed by atoms with Crippen molar-refractivity contribution >= 4 is 8.32 Å². The third kappa shape index (κ3) is 12.7. The van der Waals surface area contributed by atoms with E-state index < -0.39 is 14.4 Å². The number of ether oxygens (including phenoxy) is 3. The molecule has 0 saturated carbocycles. The molecule has 0 aromatic heterocycles. The second-order valence-electron chi connectivity index (χ2n) is 14.0. The summed E-state index contributed by atoms with van der Waals surface area (Å²) in [6, 6.07) is 7.98. The van der Waals surface area contributed by atoms with E-state index >= 15 is 0 Å². The minimum atomic E-state index is -2.07. The van der Waals surface area contributed by atoms with Gasteiger partial charge in [-0.3, -0.25) is 0 Å². The quantitative estimate of drug-likeness (QED) is 0.0913. The fourth-order valence-corrected chi connectivity index (χ4v) is 6.69. The summed E-state index contributed by atoms with van der Waals surface area (Å²) in [7, 11) is 1.39. The van der Waals surface area contributed by atoms with Crippen LogP contribution in [0.5, 0.6) is 5.75 Å². The average Bonchev–Trinajstić information content (AvgIpc) is 2.94. The molecular formula is C36H64O5Si. The lowest BCUT2D eigenvalue weighted by Crippen LogP contribution is -2.49. The van der Waals surface area contributed by atoms with Crippen molar-refractivity contribution in [3.63, 3.8) is 0 Å². The number of rotatable bonds is 20. The Balaban J connectivity index is 3.00. The van der Waals surface area contributed by atoms with Gasteiger partial charge in [-0.25, -0.2) is 0 Å². The van der Waals surface area contributed by atoms with Crippen molar-refractivity contribution in [2.45, 2.75) is 124 Å². The number of methoxy groups -OCH3 is 2. The molecule has 242 valence electrons. The molecule has 0 spiro atoms. The molecule has 0 aliphatic rings. The molecule has 0 unspecified atom stereocenters. The number of benzene rings is 1. The van der Waals surface area contributed by atoms with Gasteiger partial charge in [-0.05, 0) is 85.3 Å². The van der Waals surface area contributed by atoms with Gasteiger partial charge in [0, 0.05) is 19.6 Å². The highest BCUT2D eigenvalue weighted by Crippen LogP contribution is 2.40. The van der Waals surface area contributed by atoms with Gasteiger partial charge in [0.15, 0.2) is 8.32 Å². The van der Waals surface area contributed by atoms with E-state index in [1.54, 1.807) is 14.2 Å². The van der Waals surface area contributed by atoms with Crippen LogP contribution in [0, 0.1) is 23.7 Å². The van der Waals surface area contributed by atoms with Crippen molar-refractivity contribution in [1.29, 1.82) is 0 Å². The predicted molar refractivity (Wildman–Crippen MR) is 181 cm³/mol. The third-order valence-electron chi connectivity index (χ3n) is 9.39. The van der Waals surface area contributed by atoms with Crippen LogP contribution in [0.15, 0.2) is 48.6 Å². The fourth-order valence-electron chi connectivity index (χ4n) is 5.22. The highest BCUT2D eigenvalue weighted by molar-refractivity contribution is 6.74. The van der Waals surface area contributed by atoms with Crippen LogP contribution in [0.2, 0.25) is 18.1 Å². The van der Waals surface area contributed by atoms with Crippen molar-refractivity contribution in [3.8, 4) is 5.75 Å². The largest absolute Gasteiger partial charge is 0.497 e. The normalized spacial score (nSPS) is 18.1. The minimum Gasteiger partial charge on any atom is -0.497 e. The molecule has 0 bridgehead atoms. The van der Waals surface area contributed by atoms with E-state index in [1.165, 1.54) is 0 Å². The van der Waals surface area contributed by atoms with Gasteiger partial charge in [-0.1, -0.05) is 79.2 Å². The van der Waals surface area contributed by atoms with Gasteiger partial charge in [-0.15, -0.1) is 6.58 Å². The van der Waals surface area contributed by atoms with E-state index in [1.807, 2.05) is 30.3 Å². The molecule has 0 aliphatic heterocycles. The predicted octanol–water partition coefficient (Wildman–Crippen LogP) is 9.22. The standard InChI is InChI=1S/C36H64O5Si/c1-14-26(2)16-15-17-27(3)34(37)28(4)24-29(5)35(41-42(12,13)36(7,8)9)30(6)33(39-11)22-23-40-25-31-18-20-32(38-10)21-19-31/h14,18-21,24,26-27,29-30,33-35,37H,1,15-17,22-23,25H2,2-13H3/b28-24+/t26-,27-,29+,30+,33+,34-,35+/m0/s1. The number of hydrogen-bond donors (Lipinski definition) is 1. The maximum absolute atomic E-state index is 11.2.